The third-order valence-corrected chi connectivity index (χ3v) is 15.0. The summed E-state index contributed by atoms with van der Waals surface area (Å²) < 4.78 is 18.0. The van der Waals surface area contributed by atoms with Crippen molar-refractivity contribution in [2.75, 3.05) is 55.6 Å². The fourth-order valence-electron chi connectivity index (χ4n) is 10.1. The van der Waals surface area contributed by atoms with E-state index in [-0.39, 0.29) is 6.04 Å². The summed E-state index contributed by atoms with van der Waals surface area (Å²) in [6.45, 7) is 15.5. The van der Waals surface area contributed by atoms with E-state index in [1.54, 1.807) is 17.4 Å². The van der Waals surface area contributed by atoms with Crippen LogP contribution >= 0.6 is 11.3 Å². The minimum atomic E-state index is -0.992. The summed E-state index contributed by atoms with van der Waals surface area (Å²) in [6.07, 6.45) is 6.99. The second kappa shape index (κ2) is 18.8. The number of phenolic OH excluding ortho intramolecular Hbond substituents is 1. The van der Waals surface area contributed by atoms with Gasteiger partial charge in [0.15, 0.2) is 5.82 Å². The zero-order valence-electron chi connectivity index (χ0n) is 37.4. The zero-order chi connectivity index (χ0) is 43.5. The maximum absolute atomic E-state index is 15.8. The lowest BCUT2D eigenvalue weighted by molar-refractivity contribution is 0.0261. The number of aromatic nitrogens is 3. The topological polar surface area (TPSA) is 73.0 Å². The van der Waals surface area contributed by atoms with E-state index in [4.69, 9.17) is 4.99 Å². The molecule has 4 aromatic carbocycles. The van der Waals surface area contributed by atoms with Crippen molar-refractivity contribution < 1.29 is 9.50 Å². The van der Waals surface area contributed by atoms with Gasteiger partial charge in [0, 0.05) is 79.1 Å². The van der Waals surface area contributed by atoms with Crippen molar-refractivity contribution in [1.82, 2.24) is 19.7 Å². The van der Waals surface area contributed by atoms with Gasteiger partial charge in [-0.05, 0) is 132 Å². The average Bonchev–Trinajstić information content (AvgIpc) is 3.77. The summed E-state index contributed by atoms with van der Waals surface area (Å²) in [4.78, 5) is 13.9. The first-order valence-corrected chi connectivity index (χ1v) is 23.9. The SMILES string of the molecule is Cc1sc2c(c1C)C(c1ccc(N3CC(CN4CCC(F)(CC5CN(c6ccccc6)C5)CC4)C3)cc1)=N[C@@H](C)c1nnc(C)n1-2.Oc1ccc2c(c1)CCCC2.c1ccccc1. The average molecular weight is 864 g/mol. The molecule has 5 aliphatic rings. The second-order valence-corrected chi connectivity index (χ2v) is 19.7. The van der Waals surface area contributed by atoms with E-state index < -0.39 is 5.67 Å². The molecule has 10 heteroatoms. The van der Waals surface area contributed by atoms with Gasteiger partial charge in [0.2, 0.25) is 0 Å². The van der Waals surface area contributed by atoms with Gasteiger partial charge >= 0.3 is 0 Å². The van der Waals surface area contributed by atoms with Crippen LogP contribution in [0.5, 0.6) is 5.75 Å². The molecule has 11 rings (SSSR count). The Bertz CT molecular complexity index is 2450. The fraction of sp³-hybridized carbons (Fsp3) is 0.415. The van der Waals surface area contributed by atoms with Gasteiger partial charge < -0.3 is 19.8 Å². The van der Waals surface area contributed by atoms with Crippen LogP contribution in [0.3, 0.4) is 0 Å². The summed E-state index contributed by atoms with van der Waals surface area (Å²) in [5.74, 6) is 3.33. The van der Waals surface area contributed by atoms with Crippen LogP contribution in [-0.4, -0.2) is 82.0 Å². The van der Waals surface area contributed by atoms with Crippen LogP contribution in [0.2, 0.25) is 0 Å². The van der Waals surface area contributed by atoms with Crippen molar-refractivity contribution in [2.24, 2.45) is 16.8 Å². The number of piperidine rings is 1. The van der Waals surface area contributed by atoms with Crippen LogP contribution in [0.25, 0.3) is 5.00 Å². The Morgan fingerprint density at radius 1 is 0.730 bits per heavy atom. The summed E-state index contributed by atoms with van der Waals surface area (Å²) in [5, 5.41) is 19.2. The molecule has 0 unspecified atom stereocenters. The highest BCUT2D eigenvalue weighted by molar-refractivity contribution is 7.15. The van der Waals surface area contributed by atoms with Crippen LogP contribution in [-0.2, 0) is 12.8 Å². The minimum Gasteiger partial charge on any atom is -0.508 e. The predicted octanol–water partition coefficient (Wildman–Crippen LogP) is 10.9. The van der Waals surface area contributed by atoms with E-state index in [0.29, 0.717) is 30.4 Å². The number of para-hydroxylation sites is 1. The molecule has 0 saturated carbocycles. The van der Waals surface area contributed by atoms with Gasteiger partial charge in [-0.1, -0.05) is 72.8 Å². The highest BCUT2D eigenvalue weighted by atomic mass is 32.1. The second-order valence-electron chi connectivity index (χ2n) is 18.5. The highest BCUT2D eigenvalue weighted by Crippen LogP contribution is 2.40. The van der Waals surface area contributed by atoms with Crippen molar-refractivity contribution >= 4 is 28.4 Å². The molecule has 0 bridgehead atoms. The van der Waals surface area contributed by atoms with Gasteiger partial charge in [-0.3, -0.25) is 9.56 Å². The number of hydrogen-bond acceptors (Lipinski definition) is 8. The maximum atomic E-state index is 15.8. The molecule has 4 aliphatic heterocycles. The van der Waals surface area contributed by atoms with E-state index >= 15 is 4.39 Å². The first kappa shape index (κ1) is 43.0. The van der Waals surface area contributed by atoms with Gasteiger partial charge in [0.1, 0.15) is 28.3 Å². The number of halogens is 1. The summed E-state index contributed by atoms with van der Waals surface area (Å²) >= 11 is 1.80. The highest BCUT2D eigenvalue weighted by Gasteiger charge is 2.41. The zero-order valence-corrected chi connectivity index (χ0v) is 38.2. The van der Waals surface area contributed by atoms with Gasteiger partial charge in [0.25, 0.3) is 0 Å². The van der Waals surface area contributed by atoms with Crippen molar-refractivity contribution in [2.45, 2.75) is 84.4 Å². The number of rotatable bonds is 7. The third kappa shape index (κ3) is 9.63. The van der Waals surface area contributed by atoms with E-state index in [9.17, 15) is 5.11 Å². The smallest absolute Gasteiger partial charge is 0.162 e. The summed E-state index contributed by atoms with van der Waals surface area (Å²) in [6, 6.07) is 37.1. The number of thiophene rings is 1. The molecule has 6 aromatic rings. The number of anilines is 2. The number of benzene rings is 4. The van der Waals surface area contributed by atoms with Crippen molar-refractivity contribution in [3.05, 3.63) is 154 Å². The van der Waals surface area contributed by atoms with Crippen molar-refractivity contribution in [1.29, 1.82) is 0 Å². The molecule has 0 spiro atoms. The molecule has 2 aromatic heterocycles. The molecule has 3 saturated heterocycles. The lowest BCUT2D eigenvalue weighted by Crippen LogP contribution is -2.54. The lowest BCUT2D eigenvalue weighted by Gasteiger charge is -2.47. The van der Waals surface area contributed by atoms with Crippen LogP contribution in [0.1, 0.15) is 89.4 Å². The number of hydrogen-bond donors (Lipinski definition) is 1. The van der Waals surface area contributed by atoms with Gasteiger partial charge in [-0.15, -0.1) is 21.5 Å². The quantitative estimate of drug-likeness (QED) is 0.172. The van der Waals surface area contributed by atoms with E-state index in [1.165, 1.54) is 62.8 Å². The Kier molecular flexibility index (Phi) is 12.8. The molecule has 1 N–H and O–H groups in total. The van der Waals surface area contributed by atoms with Gasteiger partial charge in [0.05, 0.1) is 5.71 Å². The number of phenols is 1. The number of alkyl halides is 1. The Morgan fingerprint density at radius 2 is 1.33 bits per heavy atom. The lowest BCUT2D eigenvalue weighted by atomic mass is 9.81. The number of aliphatic imine (C=N–C) groups is 1. The normalized spacial score (nSPS) is 19.4. The third-order valence-electron chi connectivity index (χ3n) is 13.8. The molecule has 1 aliphatic carbocycles. The van der Waals surface area contributed by atoms with E-state index in [2.05, 4.69) is 105 Å². The number of nitrogens with zero attached hydrogens (tertiary/aromatic N) is 7. The molecule has 0 amide bonds. The molecule has 328 valence electrons. The van der Waals surface area contributed by atoms with Crippen molar-refractivity contribution in [3.8, 4) is 10.8 Å². The van der Waals surface area contributed by atoms with Crippen LogP contribution in [0.4, 0.5) is 15.8 Å². The molecule has 8 nitrogen and oxygen atoms in total. The van der Waals surface area contributed by atoms with E-state index in [0.717, 1.165) is 81.6 Å². The van der Waals surface area contributed by atoms with E-state index in [1.807, 2.05) is 55.5 Å². The van der Waals surface area contributed by atoms with Crippen LogP contribution in [0.15, 0.2) is 114 Å². The molecule has 3 fully saturated rings. The first-order chi connectivity index (χ1) is 30.6. The predicted molar refractivity (Wildman–Crippen MR) is 257 cm³/mol. The van der Waals surface area contributed by atoms with Gasteiger partial charge in [-0.25, -0.2) is 4.39 Å². The van der Waals surface area contributed by atoms with Crippen LogP contribution in [0, 0.1) is 32.6 Å². The van der Waals surface area contributed by atoms with Gasteiger partial charge in [-0.2, -0.15) is 0 Å². The molecular formula is C53H62FN7OS. The Labute approximate surface area is 377 Å². The summed E-state index contributed by atoms with van der Waals surface area (Å²) in [5.41, 5.74) is 8.97. The van der Waals surface area contributed by atoms with Crippen molar-refractivity contribution in [3.63, 3.8) is 0 Å². The standard InChI is InChI=1S/C37H44FN7S.C10H12O.C6H6/c1-24-26(3)46-36-33(24)34(39-25(2)35-41-40-27(4)45(35)36)30-10-12-32(13-11-30)44-22-29(23-44)19-42-16-14-37(38,15-17-42)18-28-20-43(21-28)31-8-6-5-7-9-31;11-10-6-5-8-3-1-2-4-9(8)7-10;1-2-4-6-5-3-1/h5-13,25,28-29H,14-23H2,1-4H3;5-7,11H,1-4H2;1-6H/t25-;;/m0../s1. The molecule has 6 heterocycles. The number of fused-ring (bicyclic) bond motifs is 4. The van der Waals surface area contributed by atoms with Crippen LogP contribution < -0.4 is 9.80 Å². The fourth-order valence-corrected chi connectivity index (χ4v) is 11.3. The first-order valence-electron chi connectivity index (χ1n) is 23.1. The Hall–Kier alpha value is -5.32. The molecule has 1 atom stereocenters. The Morgan fingerprint density at radius 3 is 2.00 bits per heavy atom. The molecular weight excluding hydrogens is 802 g/mol. The monoisotopic (exact) mass is 863 g/mol. The largest absolute Gasteiger partial charge is 0.508 e. The summed E-state index contributed by atoms with van der Waals surface area (Å²) in [7, 11) is 0. The maximum Gasteiger partial charge on any atom is 0.162 e. The minimum absolute atomic E-state index is 0.0770. The molecule has 63 heavy (non-hydrogen) atoms. The number of aryl methyl sites for hydroxylation is 4. The number of likely N-dealkylation sites (tertiary alicyclic amines) is 1. The Balaban J connectivity index is 0.000000245. The molecule has 0 radical (unpaired) electrons. The number of aromatic hydroxyl groups is 1.